The van der Waals surface area contributed by atoms with Crippen LogP contribution in [0.25, 0.3) is 11.1 Å². The first-order valence-corrected chi connectivity index (χ1v) is 11.8. The van der Waals surface area contributed by atoms with E-state index in [-0.39, 0.29) is 0 Å². The van der Waals surface area contributed by atoms with Gasteiger partial charge in [0.15, 0.2) is 0 Å². The Morgan fingerprint density at radius 3 is 2.31 bits per heavy atom. The summed E-state index contributed by atoms with van der Waals surface area (Å²) in [5.74, 6) is 0. The zero-order valence-corrected chi connectivity index (χ0v) is 18.4. The molecule has 0 atom stereocenters. The van der Waals surface area contributed by atoms with E-state index >= 15 is 0 Å². The van der Waals surface area contributed by atoms with Gasteiger partial charge in [0.25, 0.3) is 0 Å². The summed E-state index contributed by atoms with van der Waals surface area (Å²) in [6.07, 6.45) is 15.1. The molecule has 0 aromatic heterocycles. The van der Waals surface area contributed by atoms with Crippen molar-refractivity contribution in [1.29, 1.82) is 5.26 Å². The third kappa shape index (κ3) is 3.97. The van der Waals surface area contributed by atoms with Gasteiger partial charge in [0.05, 0.1) is 10.6 Å². The molecular weight excluding hydrogens is 374 g/mol. The minimum Gasteiger partial charge on any atom is -0.192 e. The summed E-state index contributed by atoms with van der Waals surface area (Å²) in [4.78, 5) is 0. The second-order valence-electron chi connectivity index (χ2n) is 9.44. The Morgan fingerprint density at radius 2 is 1.66 bits per heavy atom. The van der Waals surface area contributed by atoms with Gasteiger partial charge in [0.1, 0.15) is 6.07 Å². The normalized spacial score (nSPS) is 25.7. The molecule has 5 rings (SSSR count). The smallest absolute Gasteiger partial charge is 0.101 e. The average molecular weight is 406 g/mol. The maximum absolute atomic E-state index is 9.20. The number of unbranched alkanes of at least 4 members (excludes halogenated alkanes) is 3. The number of hydrogen-bond donors (Lipinski definition) is 0. The van der Waals surface area contributed by atoms with E-state index in [9.17, 15) is 5.26 Å². The van der Waals surface area contributed by atoms with Crippen molar-refractivity contribution < 1.29 is 0 Å². The number of rotatable bonds is 7. The summed E-state index contributed by atoms with van der Waals surface area (Å²) in [7, 11) is 0. The average Bonchev–Trinajstić information content (AvgIpc) is 2.78. The van der Waals surface area contributed by atoms with Crippen LogP contribution in [0, 0.1) is 16.7 Å². The maximum atomic E-state index is 9.20. The van der Waals surface area contributed by atoms with Gasteiger partial charge in [-0.2, -0.15) is 5.26 Å². The lowest BCUT2D eigenvalue weighted by molar-refractivity contribution is 0.0307. The molecule has 0 spiro atoms. The van der Waals surface area contributed by atoms with E-state index in [4.69, 9.17) is 11.6 Å². The Labute approximate surface area is 181 Å². The van der Waals surface area contributed by atoms with Crippen LogP contribution in [0.2, 0.25) is 5.02 Å². The third-order valence-electron chi connectivity index (χ3n) is 7.86. The van der Waals surface area contributed by atoms with Gasteiger partial charge in [-0.3, -0.25) is 0 Å². The Balaban J connectivity index is 1.57. The molecule has 3 fully saturated rings. The van der Waals surface area contributed by atoms with Gasteiger partial charge in [-0.15, -0.1) is 0 Å². The summed E-state index contributed by atoms with van der Waals surface area (Å²) in [5.41, 5.74) is 5.44. The van der Waals surface area contributed by atoms with Gasteiger partial charge in [-0.25, -0.2) is 0 Å². The predicted octanol–water partition coefficient (Wildman–Crippen LogP) is 8.44. The highest BCUT2D eigenvalue weighted by Crippen LogP contribution is 2.60. The molecule has 0 heterocycles. The van der Waals surface area contributed by atoms with Crippen LogP contribution in [0.3, 0.4) is 0 Å². The van der Waals surface area contributed by atoms with E-state index in [0.29, 0.717) is 21.4 Å². The molecule has 2 aromatic rings. The minimum absolute atomic E-state index is 0.322. The molecular formula is C27H32ClN. The van der Waals surface area contributed by atoms with Gasteiger partial charge < -0.3 is 0 Å². The lowest BCUT2D eigenvalue weighted by Gasteiger charge is -2.54. The lowest BCUT2D eigenvalue weighted by atomic mass is 9.50. The SMILES string of the molecule is CCCCCCC12CCC(c3ccccc3-c3ccc(C#N)c(Cl)c3)(CC1)CC2. The summed E-state index contributed by atoms with van der Waals surface area (Å²) >= 11 is 6.36. The molecule has 3 aliphatic carbocycles. The van der Waals surface area contributed by atoms with Crippen LogP contribution in [0.15, 0.2) is 42.5 Å². The molecule has 0 unspecified atom stereocenters. The summed E-state index contributed by atoms with van der Waals surface area (Å²) in [5, 5.41) is 9.76. The van der Waals surface area contributed by atoms with Gasteiger partial charge in [-0.1, -0.05) is 74.5 Å². The number of halogens is 1. The standard InChI is InChI=1S/C27H32ClN/c1-2-3-4-7-12-26-13-16-27(17-14-26,18-15-26)24-9-6-5-8-23(24)21-10-11-22(20-29)25(28)19-21/h5-6,8-11,19H,2-4,7,12-18H2,1H3. The molecule has 2 heteroatoms. The summed E-state index contributed by atoms with van der Waals surface area (Å²) < 4.78 is 0. The van der Waals surface area contributed by atoms with Crippen LogP contribution >= 0.6 is 11.6 Å². The van der Waals surface area contributed by atoms with E-state index in [2.05, 4.69) is 43.3 Å². The quantitative estimate of drug-likeness (QED) is 0.424. The Morgan fingerprint density at radius 1 is 0.931 bits per heavy atom. The molecule has 152 valence electrons. The maximum Gasteiger partial charge on any atom is 0.101 e. The Hall–Kier alpha value is -1.78. The van der Waals surface area contributed by atoms with E-state index in [1.54, 1.807) is 0 Å². The van der Waals surface area contributed by atoms with Gasteiger partial charge in [-0.05, 0) is 84.6 Å². The Kier molecular flexibility index (Phi) is 6.03. The number of nitrogens with zero attached hydrogens (tertiary/aromatic N) is 1. The zero-order chi connectivity index (χ0) is 20.3. The molecule has 3 saturated carbocycles. The van der Waals surface area contributed by atoms with Crippen molar-refractivity contribution in [3.8, 4) is 17.2 Å². The van der Waals surface area contributed by atoms with Crippen molar-refractivity contribution in [2.75, 3.05) is 0 Å². The Bertz CT molecular complexity index is 882. The van der Waals surface area contributed by atoms with E-state index < -0.39 is 0 Å². The van der Waals surface area contributed by atoms with Crippen molar-refractivity contribution in [1.82, 2.24) is 0 Å². The van der Waals surface area contributed by atoms with E-state index in [0.717, 1.165) is 5.56 Å². The number of hydrogen-bond acceptors (Lipinski definition) is 1. The van der Waals surface area contributed by atoms with E-state index in [1.807, 2.05) is 12.1 Å². The van der Waals surface area contributed by atoms with Crippen LogP contribution < -0.4 is 0 Å². The first kappa shape index (κ1) is 20.5. The van der Waals surface area contributed by atoms with Crippen LogP contribution in [-0.4, -0.2) is 0 Å². The molecule has 0 saturated heterocycles. The van der Waals surface area contributed by atoms with Crippen LogP contribution in [0.1, 0.15) is 88.7 Å². The molecule has 0 N–H and O–H groups in total. The monoisotopic (exact) mass is 405 g/mol. The topological polar surface area (TPSA) is 23.8 Å². The summed E-state index contributed by atoms with van der Waals surface area (Å²) in [6, 6.07) is 17.0. The van der Waals surface area contributed by atoms with Crippen molar-refractivity contribution in [3.05, 3.63) is 58.6 Å². The third-order valence-corrected chi connectivity index (χ3v) is 8.17. The number of fused-ring (bicyclic) bond motifs is 3. The number of benzene rings is 2. The first-order chi connectivity index (χ1) is 14.1. The largest absolute Gasteiger partial charge is 0.192 e. The molecule has 29 heavy (non-hydrogen) atoms. The highest BCUT2D eigenvalue weighted by Gasteiger charge is 2.49. The zero-order valence-electron chi connectivity index (χ0n) is 17.6. The van der Waals surface area contributed by atoms with Crippen molar-refractivity contribution >= 4 is 11.6 Å². The molecule has 2 bridgehead atoms. The highest BCUT2D eigenvalue weighted by molar-refractivity contribution is 6.32. The predicted molar refractivity (Wildman–Crippen MR) is 122 cm³/mol. The molecule has 3 aliphatic rings. The van der Waals surface area contributed by atoms with Crippen LogP contribution in [0.4, 0.5) is 0 Å². The molecule has 0 amide bonds. The fourth-order valence-electron chi connectivity index (χ4n) is 5.94. The van der Waals surface area contributed by atoms with Gasteiger partial charge in [0.2, 0.25) is 0 Å². The van der Waals surface area contributed by atoms with Crippen molar-refractivity contribution in [3.63, 3.8) is 0 Å². The minimum atomic E-state index is 0.322. The first-order valence-electron chi connectivity index (χ1n) is 11.4. The van der Waals surface area contributed by atoms with Crippen LogP contribution in [-0.2, 0) is 5.41 Å². The van der Waals surface area contributed by atoms with Crippen LogP contribution in [0.5, 0.6) is 0 Å². The van der Waals surface area contributed by atoms with Crippen molar-refractivity contribution in [2.45, 2.75) is 83.0 Å². The molecule has 2 aromatic carbocycles. The summed E-state index contributed by atoms with van der Waals surface area (Å²) in [6.45, 7) is 2.30. The number of nitriles is 1. The molecule has 1 nitrogen and oxygen atoms in total. The van der Waals surface area contributed by atoms with E-state index in [1.165, 1.54) is 81.8 Å². The van der Waals surface area contributed by atoms with Gasteiger partial charge >= 0.3 is 0 Å². The fraction of sp³-hybridized carbons (Fsp3) is 0.519. The lowest BCUT2D eigenvalue weighted by Crippen LogP contribution is -2.44. The van der Waals surface area contributed by atoms with Crippen molar-refractivity contribution in [2.24, 2.45) is 5.41 Å². The second kappa shape index (κ2) is 8.53. The molecule has 0 aliphatic heterocycles. The van der Waals surface area contributed by atoms with Gasteiger partial charge in [0, 0.05) is 0 Å². The molecule has 0 radical (unpaired) electrons. The second-order valence-corrected chi connectivity index (χ2v) is 9.85. The highest BCUT2D eigenvalue weighted by atomic mass is 35.5. The fourth-order valence-corrected chi connectivity index (χ4v) is 6.16.